The van der Waals surface area contributed by atoms with Gasteiger partial charge < -0.3 is 25.0 Å². The Morgan fingerprint density at radius 2 is 2.23 bits per heavy atom. The third kappa shape index (κ3) is 2.85. The number of hydrogen-bond acceptors (Lipinski definition) is 7. The molecule has 22 heavy (non-hydrogen) atoms. The molecular formula is C10H11FN5O5P. The minimum atomic E-state index is -4.37. The van der Waals surface area contributed by atoms with Crippen LogP contribution in [-0.2, 0) is 14.0 Å². The van der Waals surface area contributed by atoms with Crippen LogP contribution in [0.4, 0.5) is 10.2 Å². The van der Waals surface area contributed by atoms with Gasteiger partial charge in [0.25, 0.3) is 0 Å². The fourth-order valence-corrected chi connectivity index (χ4v) is 2.28. The smallest absolute Gasteiger partial charge is 0.351 e. The summed E-state index contributed by atoms with van der Waals surface area (Å²) < 4.78 is 36.1. The molecule has 2 aromatic rings. The number of nitrogens with zero attached hydrogens (tertiary/aromatic N) is 4. The highest BCUT2D eigenvalue weighted by atomic mass is 31.2. The van der Waals surface area contributed by atoms with E-state index in [-0.39, 0.29) is 11.5 Å². The van der Waals surface area contributed by atoms with Crippen LogP contribution in [0.5, 0.6) is 0 Å². The van der Waals surface area contributed by atoms with Crippen molar-refractivity contribution in [1.29, 1.82) is 0 Å². The molecule has 12 heteroatoms. The van der Waals surface area contributed by atoms with Crippen LogP contribution in [0.15, 0.2) is 24.6 Å². The molecule has 0 spiro atoms. The third-order valence-corrected chi connectivity index (χ3v) is 3.33. The standard InChI is InChI=1S/C10H11FN5O5P/c11-5-1-6(20-4-22(17,18)19)21-10(5)16-3-15-7-8(12)13-2-14-9(7)16/h1-3,6,10H,4H2,(H2,12,13,14)(H2,17,18,19)/t6-,10?/m0/s1. The molecule has 3 rings (SSSR count). The van der Waals surface area contributed by atoms with E-state index in [9.17, 15) is 8.96 Å². The molecule has 0 aliphatic carbocycles. The molecule has 1 aliphatic rings. The fraction of sp³-hybridized carbons (Fsp3) is 0.300. The van der Waals surface area contributed by atoms with E-state index in [4.69, 9.17) is 25.0 Å². The fourth-order valence-electron chi connectivity index (χ4n) is 1.94. The molecule has 3 heterocycles. The van der Waals surface area contributed by atoms with Gasteiger partial charge in [-0.3, -0.25) is 9.13 Å². The van der Waals surface area contributed by atoms with Gasteiger partial charge in [-0.1, -0.05) is 0 Å². The minimum Gasteiger partial charge on any atom is -0.382 e. The molecule has 10 nitrogen and oxygen atoms in total. The number of nitrogens with two attached hydrogens (primary N) is 1. The van der Waals surface area contributed by atoms with Crippen molar-refractivity contribution in [3.63, 3.8) is 0 Å². The molecule has 4 N–H and O–H groups in total. The molecule has 2 aromatic heterocycles. The first-order valence-electron chi connectivity index (χ1n) is 5.97. The Kier molecular flexibility index (Phi) is 3.67. The summed E-state index contributed by atoms with van der Waals surface area (Å²) in [7, 11) is -4.37. The molecule has 2 atom stereocenters. The Balaban J connectivity index is 1.82. The van der Waals surface area contributed by atoms with Crippen molar-refractivity contribution in [2.45, 2.75) is 12.5 Å². The van der Waals surface area contributed by atoms with E-state index >= 15 is 0 Å². The van der Waals surface area contributed by atoms with Crippen molar-refractivity contribution in [1.82, 2.24) is 19.5 Å². The predicted octanol–water partition coefficient (Wildman–Crippen LogP) is 0.269. The SMILES string of the molecule is Nc1ncnc2c1ncn2C1O[C@H](OCP(=O)(O)O)C=C1F. The number of fused-ring (bicyclic) bond motifs is 1. The monoisotopic (exact) mass is 331 g/mol. The molecule has 1 aliphatic heterocycles. The largest absolute Gasteiger partial charge is 0.382 e. The van der Waals surface area contributed by atoms with Crippen molar-refractivity contribution in [3.8, 4) is 0 Å². The number of halogens is 1. The quantitative estimate of drug-likeness (QED) is 0.672. The highest BCUT2D eigenvalue weighted by Gasteiger charge is 2.32. The average molecular weight is 331 g/mol. The van der Waals surface area contributed by atoms with Gasteiger partial charge in [0.15, 0.2) is 36.2 Å². The molecule has 0 radical (unpaired) electrons. The molecule has 0 fully saturated rings. The summed E-state index contributed by atoms with van der Waals surface area (Å²) in [6.45, 7) is 0. The van der Waals surface area contributed by atoms with Gasteiger partial charge in [0.05, 0.1) is 6.33 Å². The van der Waals surface area contributed by atoms with E-state index in [0.717, 1.165) is 6.08 Å². The first-order chi connectivity index (χ1) is 10.3. The van der Waals surface area contributed by atoms with Gasteiger partial charge in [-0.15, -0.1) is 0 Å². The van der Waals surface area contributed by atoms with E-state index < -0.39 is 32.3 Å². The van der Waals surface area contributed by atoms with Crippen molar-refractivity contribution in [2.75, 3.05) is 12.1 Å². The van der Waals surface area contributed by atoms with Crippen LogP contribution in [0.3, 0.4) is 0 Å². The first-order valence-corrected chi connectivity index (χ1v) is 7.77. The summed E-state index contributed by atoms with van der Waals surface area (Å²) >= 11 is 0. The lowest BCUT2D eigenvalue weighted by Crippen LogP contribution is -2.16. The van der Waals surface area contributed by atoms with Gasteiger partial charge in [0.2, 0.25) is 0 Å². The molecule has 0 bridgehead atoms. The zero-order valence-corrected chi connectivity index (χ0v) is 11.8. The lowest BCUT2D eigenvalue weighted by atomic mass is 10.4. The summed E-state index contributed by atoms with van der Waals surface area (Å²) in [5.74, 6) is -0.562. The zero-order valence-electron chi connectivity index (χ0n) is 10.9. The van der Waals surface area contributed by atoms with Crippen LogP contribution < -0.4 is 5.73 Å². The molecule has 0 saturated heterocycles. The molecule has 1 unspecified atom stereocenters. The Hall–Kier alpha value is -1.91. The molecule has 0 saturated carbocycles. The van der Waals surface area contributed by atoms with Crippen LogP contribution in [0, 0.1) is 0 Å². The van der Waals surface area contributed by atoms with Crippen LogP contribution in [0.1, 0.15) is 6.23 Å². The summed E-state index contributed by atoms with van der Waals surface area (Å²) in [4.78, 5) is 29.2. The second-order valence-corrected chi connectivity index (χ2v) is 6.04. The number of anilines is 1. The number of imidazole rings is 1. The van der Waals surface area contributed by atoms with E-state index in [1.54, 1.807) is 0 Å². The van der Waals surface area contributed by atoms with Gasteiger partial charge in [0, 0.05) is 6.08 Å². The van der Waals surface area contributed by atoms with Gasteiger partial charge in [-0.2, -0.15) is 0 Å². The van der Waals surface area contributed by atoms with Crippen LogP contribution in [0.2, 0.25) is 0 Å². The van der Waals surface area contributed by atoms with Crippen LogP contribution in [-0.4, -0.2) is 41.9 Å². The topological polar surface area (TPSA) is 146 Å². The minimum absolute atomic E-state index is 0.139. The van der Waals surface area contributed by atoms with Gasteiger partial charge in [0.1, 0.15) is 11.8 Å². The molecule has 0 amide bonds. The maximum absolute atomic E-state index is 14.0. The maximum atomic E-state index is 14.0. The molecule has 118 valence electrons. The second kappa shape index (κ2) is 5.38. The van der Waals surface area contributed by atoms with E-state index in [1.807, 2.05) is 0 Å². The zero-order chi connectivity index (χ0) is 15.9. The highest BCUT2D eigenvalue weighted by Crippen LogP contribution is 2.37. The molecule has 0 aromatic carbocycles. The Bertz CT molecular complexity index is 789. The van der Waals surface area contributed by atoms with Crippen molar-refractivity contribution < 1.29 is 28.2 Å². The maximum Gasteiger partial charge on any atom is 0.351 e. The average Bonchev–Trinajstić information content (AvgIpc) is 3.00. The van der Waals surface area contributed by atoms with Crippen molar-refractivity contribution in [3.05, 3.63) is 24.6 Å². The lowest BCUT2D eigenvalue weighted by Gasteiger charge is -2.16. The van der Waals surface area contributed by atoms with E-state index in [1.165, 1.54) is 17.2 Å². The summed E-state index contributed by atoms with van der Waals surface area (Å²) in [6.07, 6.45) is 0.133. The summed E-state index contributed by atoms with van der Waals surface area (Å²) in [5.41, 5.74) is 6.19. The number of nitrogen functional groups attached to an aromatic ring is 1. The number of rotatable bonds is 4. The van der Waals surface area contributed by atoms with Gasteiger partial charge in [-0.05, 0) is 0 Å². The Morgan fingerprint density at radius 1 is 1.45 bits per heavy atom. The first kappa shape index (κ1) is 15.0. The number of aromatic nitrogens is 4. The van der Waals surface area contributed by atoms with Crippen LogP contribution in [0.25, 0.3) is 11.2 Å². The molecular weight excluding hydrogens is 320 g/mol. The van der Waals surface area contributed by atoms with Crippen LogP contribution >= 0.6 is 7.60 Å². The normalized spacial score (nSPS) is 22.2. The Morgan fingerprint density at radius 3 is 2.95 bits per heavy atom. The number of ether oxygens (including phenoxy) is 2. The van der Waals surface area contributed by atoms with Crippen molar-refractivity contribution in [2.24, 2.45) is 0 Å². The van der Waals surface area contributed by atoms with E-state index in [2.05, 4.69) is 15.0 Å². The highest BCUT2D eigenvalue weighted by molar-refractivity contribution is 7.51. The summed E-state index contributed by atoms with van der Waals surface area (Å²) in [5, 5.41) is 0. The van der Waals surface area contributed by atoms with E-state index in [0.29, 0.717) is 5.52 Å². The van der Waals surface area contributed by atoms with Gasteiger partial charge >= 0.3 is 7.60 Å². The summed E-state index contributed by atoms with van der Waals surface area (Å²) in [6, 6.07) is 0. The lowest BCUT2D eigenvalue weighted by molar-refractivity contribution is -0.130. The Labute approximate surface area is 122 Å². The predicted molar refractivity (Wildman–Crippen MR) is 70.8 cm³/mol. The second-order valence-electron chi connectivity index (χ2n) is 4.45. The van der Waals surface area contributed by atoms with Gasteiger partial charge in [-0.25, -0.2) is 19.3 Å². The van der Waals surface area contributed by atoms with Crippen molar-refractivity contribution >= 4 is 24.6 Å². The number of hydrogen-bond donors (Lipinski definition) is 3. The third-order valence-electron chi connectivity index (χ3n) is 2.84.